The van der Waals surface area contributed by atoms with E-state index in [4.69, 9.17) is 0 Å². The van der Waals surface area contributed by atoms with E-state index in [0.717, 1.165) is 13.1 Å². The molecule has 0 aliphatic carbocycles. The van der Waals surface area contributed by atoms with Crippen molar-refractivity contribution >= 4 is 17.4 Å². The van der Waals surface area contributed by atoms with Gasteiger partial charge in [-0.3, -0.25) is 4.79 Å². The molecular weight excluding hydrogens is 302 g/mol. The van der Waals surface area contributed by atoms with Crippen molar-refractivity contribution < 1.29 is 4.79 Å². The smallest absolute Gasteiger partial charge is 0.272 e. The van der Waals surface area contributed by atoms with E-state index in [2.05, 4.69) is 38.9 Å². The maximum absolute atomic E-state index is 12.6. The number of nitrogens with zero attached hydrogens (tertiary/aromatic N) is 4. The average Bonchev–Trinajstić information content (AvgIpc) is 2.67. The predicted octanol–water partition coefficient (Wildman–Crippen LogP) is 2.04. The maximum atomic E-state index is 12.6. The number of hydrogen-bond acceptors (Lipinski definition) is 5. The second-order valence-corrected chi connectivity index (χ2v) is 5.57. The molecule has 1 saturated heterocycles. The van der Waals surface area contributed by atoms with Crippen LogP contribution < -0.4 is 10.2 Å². The van der Waals surface area contributed by atoms with Gasteiger partial charge in [0.1, 0.15) is 17.8 Å². The van der Waals surface area contributed by atoms with Crippen LogP contribution in [0.1, 0.15) is 10.5 Å². The number of para-hydroxylation sites is 1. The number of anilines is 2. The average molecular weight is 323 g/mol. The summed E-state index contributed by atoms with van der Waals surface area (Å²) in [5, 5.41) is 3.07. The molecule has 124 valence electrons. The van der Waals surface area contributed by atoms with Gasteiger partial charge < -0.3 is 15.1 Å². The van der Waals surface area contributed by atoms with Crippen LogP contribution in [0.5, 0.6) is 0 Å². The molecule has 6 heteroatoms. The van der Waals surface area contributed by atoms with Crippen molar-refractivity contribution in [3.05, 3.63) is 61.1 Å². The van der Waals surface area contributed by atoms with Crippen molar-refractivity contribution in [2.75, 3.05) is 42.9 Å². The molecule has 1 amide bonds. The largest absolute Gasteiger partial charge is 0.368 e. The Hall–Kier alpha value is -2.89. The Morgan fingerprint density at radius 2 is 1.92 bits per heavy atom. The van der Waals surface area contributed by atoms with Gasteiger partial charge in [-0.2, -0.15) is 0 Å². The molecule has 6 nitrogen and oxygen atoms in total. The minimum atomic E-state index is -0.0493. The Kier molecular flexibility index (Phi) is 5.05. The van der Waals surface area contributed by atoms with Gasteiger partial charge >= 0.3 is 0 Å². The van der Waals surface area contributed by atoms with Crippen LogP contribution in [0.4, 0.5) is 11.5 Å². The Labute approximate surface area is 141 Å². The summed E-state index contributed by atoms with van der Waals surface area (Å²) >= 11 is 0. The molecule has 1 aliphatic rings. The van der Waals surface area contributed by atoms with Gasteiger partial charge in [0.15, 0.2) is 0 Å². The first-order valence-electron chi connectivity index (χ1n) is 8.04. The lowest BCUT2D eigenvalue weighted by Crippen LogP contribution is -2.49. The summed E-state index contributed by atoms with van der Waals surface area (Å²) in [5.41, 5.74) is 1.62. The van der Waals surface area contributed by atoms with E-state index in [9.17, 15) is 4.79 Å². The van der Waals surface area contributed by atoms with Crippen molar-refractivity contribution in [1.82, 2.24) is 14.9 Å². The highest BCUT2D eigenvalue weighted by Gasteiger charge is 2.23. The fourth-order valence-corrected chi connectivity index (χ4v) is 2.72. The van der Waals surface area contributed by atoms with E-state index in [-0.39, 0.29) is 5.91 Å². The fourth-order valence-electron chi connectivity index (χ4n) is 2.72. The summed E-state index contributed by atoms with van der Waals surface area (Å²) in [6.07, 6.45) is 3.16. The van der Waals surface area contributed by atoms with Gasteiger partial charge in [-0.05, 0) is 12.1 Å². The van der Waals surface area contributed by atoms with Crippen LogP contribution in [0.3, 0.4) is 0 Å². The summed E-state index contributed by atoms with van der Waals surface area (Å²) in [4.78, 5) is 25.0. The zero-order valence-electron chi connectivity index (χ0n) is 13.6. The van der Waals surface area contributed by atoms with Crippen LogP contribution in [0.15, 0.2) is 55.4 Å². The number of aromatic nitrogens is 2. The second kappa shape index (κ2) is 7.59. The number of hydrogen-bond donors (Lipinski definition) is 1. The Morgan fingerprint density at radius 3 is 2.62 bits per heavy atom. The number of amides is 1. The third-order valence-corrected chi connectivity index (χ3v) is 4.00. The number of carbonyl (C=O) groups excluding carboxylic acids is 1. The Balaban J connectivity index is 1.62. The van der Waals surface area contributed by atoms with Crippen molar-refractivity contribution in [3.63, 3.8) is 0 Å². The third kappa shape index (κ3) is 3.71. The zero-order chi connectivity index (χ0) is 16.8. The number of benzene rings is 1. The maximum Gasteiger partial charge on any atom is 0.272 e. The van der Waals surface area contributed by atoms with Crippen LogP contribution in [0.25, 0.3) is 0 Å². The summed E-state index contributed by atoms with van der Waals surface area (Å²) in [6, 6.07) is 12.0. The molecule has 0 spiro atoms. The van der Waals surface area contributed by atoms with Crippen molar-refractivity contribution in [3.8, 4) is 0 Å². The quantitative estimate of drug-likeness (QED) is 0.853. The molecule has 1 N–H and O–H groups in total. The zero-order valence-corrected chi connectivity index (χ0v) is 13.6. The SMILES string of the molecule is C=CCNc1cc(C(=O)N2CCN(c3ccccc3)CC2)ncn1. The summed E-state index contributed by atoms with van der Waals surface area (Å²) in [5.74, 6) is 0.586. The van der Waals surface area contributed by atoms with Crippen LogP contribution in [0, 0.1) is 0 Å². The highest BCUT2D eigenvalue weighted by molar-refractivity contribution is 5.93. The normalized spacial score (nSPS) is 14.3. The van der Waals surface area contributed by atoms with Crippen LogP contribution >= 0.6 is 0 Å². The molecular formula is C18H21N5O. The minimum Gasteiger partial charge on any atom is -0.368 e. The highest BCUT2D eigenvalue weighted by atomic mass is 16.2. The van der Waals surface area contributed by atoms with Gasteiger partial charge in [0.2, 0.25) is 0 Å². The molecule has 0 bridgehead atoms. The number of piperazine rings is 1. The first-order valence-corrected chi connectivity index (χ1v) is 8.04. The van der Waals surface area contributed by atoms with Crippen LogP contribution in [0.2, 0.25) is 0 Å². The van der Waals surface area contributed by atoms with E-state index in [0.29, 0.717) is 31.1 Å². The molecule has 0 unspecified atom stereocenters. The van der Waals surface area contributed by atoms with Gasteiger partial charge in [-0.25, -0.2) is 9.97 Å². The predicted molar refractivity (Wildman–Crippen MR) is 95.3 cm³/mol. The van der Waals surface area contributed by atoms with Gasteiger partial charge in [0, 0.05) is 44.5 Å². The minimum absolute atomic E-state index is 0.0493. The van der Waals surface area contributed by atoms with E-state index in [1.54, 1.807) is 12.1 Å². The molecule has 1 aliphatic heterocycles. The third-order valence-electron chi connectivity index (χ3n) is 4.00. The van der Waals surface area contributed by atoms with Gasteiger partial charge in [0.25, 0.3) is 5.91 Å². The van der Waals surface area contributed by atoms with Crippen LogP contribution in [-0.2, 0) is 0 Å². The lowest BCUT2D eigenvalue weighted by molar-refractivity contribution is 0.0740. The second-order valence-electron chi connectivity index (χ2n) is 5.57. The Bertz CT molecular complexity index is 696. The summed E-state index contributed by atoms with van der Waals surface area (Å²) in [6.45, 7) is 7.27. The standard InChI is InChI=1S/C18H21N5O/c1-2-8-19-17-13-16(20-14-21-17)18(24)23-11-9-22(10-12-23)15-6-4-3-5-7-15/h2-7,13-14H,1,8-12H2,(H,19,20,21). The molecule has 0 radical (unpaired) electrons. The van der Waals surface area contributed by atoms with Gasteiger partial charge in [0.05, 0.1) is 0 Å². The lowest BCUT2D eigenvalue weighted by atomic mass is 10.2. The van der Waals surface area contributed by atoms with E-state index in [1.165, 1.54) is 12.0 Å². The van der Waals surface area contributed by atoms with Gasteiger partial charge in [-0.1, -0.05) is 24.3 Å². The van der Waals surface area contributed by atoms with Crippen LogP contribution in [-0.4, -0.2) is 53.5 Å². The molecule has 2 aromatic rings. The summed E-state index contributed by atoms with van der Waals surface area (Å²) < 4.78 is 0. The van der Waals surface area contributed by atoms with Crippen molar-refractivity contribution in [2.45, 2.75) is 0 Å². The lowest BCUT2D eigenvalue weighted by Gasteiger charge is -2.36. The van der Waals surface area contributed by atoms with E-state index in [1.807, 2.05) is 23.1 Å². The number of carbonyl (C=O) groups is 1. The molecule has 0 saturated carbocycles. The molecule has 3 rings (SSSR count). The molecule has 1 aromatic heterocycles. The first kappa shape index (κ1) is 16.0. The number of rotatable bonds is 5. The molecule has 2 heterocycles. The van der Waals surface area contributed by atoms with Crippen molar-refractivity contribution in [1.29, 1.82) is 0 Å². The Morgan fingerprint density at radius 1 is 1.17 bits per heavy atom. The number of nitrogens with one attached hydrogen (secondary N) is 1. The molecule has 24 heavy (non-hydrogen) atoms. The summed E-state index contributed by atoms with van der Waals surface area (Å²) in [7, 11) is 0. The van der Waals surface area contributed by atoms with Gasteiger partial charge in [-0.15, -0.1) is 6.58 Å². The topological polar surface area (TPSA) is 61.4 Å². The van der Waals surface area contributed by atoms with E-state index < -0.39 is 0 Å². The fraction of sp³-hybridized carbons (Fsp3) is 0.278. The monoisotopic (exact) mass is 323 g/mol. The van der Waals surface area contributed by atoms with E-state index >= 15 is 0 Å². The van der Waals surface area contributed by atoms with Crippen molar-refractivity contribution in [2.24, 2.45) is 0 Å². The molecule has 1 fully saturated rings. The molecule has 0 atom stereocenters. The molecule has 1 aromatic carbocycles. The first-order chi connectivity index (χ1) is 11.8. The highest BCUT2D eigenvalue weighted by Crippen LogP contribution is 2.16.